The van der Waals surface area contributed by atoms with Crippen LogP contribution in [-0.2, 0) is 0 Å². The Labute approximate surface area is 289 Å². The summed E-state index contributed by atoms with van der Waals surface area (Å²) in [6.45, 7) is 0. The van der Waals surface area contributed by atoms with Crippen LogP contribution >= 0.6 is 0 Å². The normalized spacial score (nSPS) is 11.6. The summed E-state index contributed by atoms with van der Waals surface area (Å²) in [5.41, 5.74) is 12.1. The molecule has 0 aliphatic heterocycles. The maximum absolute atomic E-state index is 5.30. The van der Waals surface area contributed by atoms with E-state index in [9.17, 15) is 0 Å². The number of para-hydroxylation sites is 2. The molecule has 4 nitrogen and oxygen atoms in total. The average Bonchev–Trinajstić information content (AvgIpc) is 3.71. The fraction of sp³-hybridized carbons (Fsp3) is 0. The van der Waals surface area contributed by atoms with Gasteiger partial charge in [-0.3, -0.25) is 9.13 Å². The van der Waals surface area contributed by atoms with E-state index in [-0.39, 0.29) is 0 Å². The minimum atomic E-state index is 0.894. The lowest BCUT2D eigenvalue weighted by Crippen LogP contribution is -2.00. The molecule has 6 aromatic carbocycles. The maximum atomic E-state index is 5.30. The molecule has 0 saturated heterocycles. The van der Waals surface area contributed by atoms with Crippen LogP contribution in [0.2, 0.25) is 0 Å². The number of fused-ring (bicyclic) bond motifs is 6. The van der Waals surface area contributed by atoms with E-state index < -0.39 is 0 Å². The Kier molecular flexibility index (Phi) is 6.46. The first-order valence-electron chi connectivity index (χ1n) is 16.9. The van der Waals surface area contributed by atoms with Gasteiger partial charge in [0.15, 0.2) is 0 Å². The van der Waals surface area contributed by atoms with Crippen molar-refractivity contribution in [1.82, 2.24) is 19.1 Å². The molecule has 4 heteroatoms. The molecule has 0 amide bonds. The van der Waals surface area contributed by atoms with E-state index in [0.29, 0.717) is 0 Å². The van der Waals surface area contributed by atoms with Crippen molar-refractivity contribution in [2.45, 2.75) is 0 Å². The third kappa shape index (κ3) is 4.54. The Bertz CT molecular complexity index is 2790. The maximum Gasteiger partial charge on any atom is 0.145 e. The lowest BCUT2D eigenvalue weighted by Gasteiger charge is -2.13. The van der Waals surface area contributed by atoms with Crippen molar-refractivity contribution in [2.24, 2.45) is 0 Å². The first kappa shape index (κ1) is 28.3. The molecule has 0 unspecified atom stereocenters. The number of nitrogens with zero attached hydrogens (tertiary/aromatic N) is 4. The Balaban J connectivity index is 1.18. The molecule has 0 fully saturated rings. The zero-order valence-electron chi connectivity index (χ0n) is 27.1. The van der Waals surface area contributed by atoms with E-state index in [1.54, 1.807) is 0 Å². The van der Waals surface area contributed by atoms with Gasteiger partial charge in [0.2, 0.25) is 0 Å². The van der Waals surface area contributed by atoms with E-state index in [4.69, 9.17) is 9.97 Å². The van der Waals surface area contributed by atoms with Crippen LogP contribution in [0.1, 0.15) is 0 Å². The Morgan fingerprint density at radius 2 is 1.00 bits per heavy atom. The van der Waals surface area contributed by atoms with Gasteiger partial charge in [-0.15, -0.1) is 0 Å². The van der Waals surface area contributed by atoms with Crippen LogP contribution in [-0.4, -0.2) is 19.1 Å². The highest BCUT2D eigenvalue weighted by Crippen LogP contribution is 2.38. The van der Waals surface area contributed by atoms with Crippen molar-refractivity contribution in [3.05, 3.63) is 182 Å². The summed E-state index contributed by atoms with van der Waals surface area (Å²) < 4.78 is 4.59. The molecule has 0 saturated carbocycles. The smallest absolute Gasteiger partial charge is 0.145 e. The Morgan fingerprint density at radius 3 is 1.82 bits per heavy atom. The zero-order chi connectivity index (χ0) is 33.0. The minimum absolute atomic E-state index is 0.894. The van der Waals surface area contributed by atoms with Gasteiger partial charge in [-0.2, -0.15) is 0 Å². The third-order valence-corrected chi connectivity index (χ3v) is 9.77. The molecular formula is C46H30N4. The summed E-state index contributed by atoms with van der Waals surface area (Å²) in [5.74, 6) is 0.894. The first-order chi connectivity index (χ1) is 24.8. The van der Waals surface area contributed by atoms with Crippen molar-refractivity contribution >= 4 is 43.7 Å². The van der Waals surface area contributed by atoms with E-state index in [1.165, 1.54) is 16.2 Å². The van der Waals surface area contributed by atoms with Gasteiger partial charge in [0, 0.05) is 39.0 Å². The molecule has 0 N–H and O–H groups in total. The van der Waals surface area contributed by atoms with E-state index >= 15 is 0 Å². The van der Waals surface area contributed by atoms with E-state index in [2.05, 4.69) is 173 Å². The van der Waals surface area contributed by atoms with Gasteiger partial charge in [0.05, 0.1) is 22.2 Å². The molecule has 10 aromatic rings. The van der Waals surface area contributed by atoms with Crippen LogP contribution in [0.25, 0.3) is 88.8 Å². The zero-order valence-corrected chi connectivity index (χ0v) is 27.1. The second-order valence-corrected chi connectivity index (χ2v) is 12.7. The fourth-order valence-electron chi connectivity index (χ4n) is 7.45. The molecule has 10 rings (SSSR count). The molecule has 0 radical (unpaired) electrons. The van der Waals surface area contributed by atoms with Gasteiger partial charge in [-0.1, -0.05) is 115 Å². The average molecular weight is 639 g/mol. The van der Waals surface area contributed by atoms with E-state index in [0.717, 1.165) is 72.6 Å². The predicted octanol–water partition coefficient (Wildman–Crippen LogP) is 11.7. The fourth-order valence-corrected chi connectivity index (χ4v) is 7.45. The van der Waals surface area contributed by atoms with Gasteiger partial charge < -0.3 is 0 Å². The van der Waals surface area contributed by atoms with Crippen LogP contribution in [0.5, 0.6) is 0 Å². The highest BCUT2D eigenvalue weighted by Gasteiger charge is 2.18. The Hall–Kier alpha value is -6.78. The summed E-state index contributed by atoms with van der Waals surface area (Å²) in [6.07, 6.45) is 1.87. The molecule has 234 valence electrons. The van der Waals surface area contributed by atoms with Crippen LogP contribution in [0.15, 0.2) is 182 Å². The van der Waals surface area contributed by atoms with Crippen LogP contribution < -0.4 is 0 Å². The lowest BCUT2D eigenvalue weighted by atomic mass is 10.0. The van der Waals surface area contributed by atoms with Gasteiger partial charge in [-0.25, -0.2) is 9.97 Å². The molecule has 0 bridgehead atoms. The molecule has 0 spiro atoms. The first-order valence-corrected chi connectivity index (χ1v) is 16.9. The van der Waals surface area contributed by atoms with Crippen molar-refractivity contribution in [1.29, 1.82) is 0 Å². The van der Waals surface area contributed by atoms with Gasteiger partial charge in [0.25, 0.3) is 0 Å². The summed E-state index contributed by atoms with van der Waals surface area (Å²) in [6, 6.07) is 62.4. The number of rotatable bonds is 5. The summed E-state index contributed by atoms with van der Waals surface area (Å²) in [7, 11) is 0. The monoisotopic (exact) mass is 638 g/mol. The van der Waals surface area contributed by atoms with Crippen LogP contribution in [0.4, 0.5) is 0 Å². The molecule has 0 aliphatic carbocycles. The minimum Gasteiger partial charge on any atom is -0.294 e. The van der Waals surface area contributed by atoms with Crippen molar-refractivity contribution < 1.29 is 0 Å². The lowest BCUT2D eigenvalue weighted by molar-refractivity contribution is 1.08. The third-order valence-electron chi connectivity index (χ3n) is 9.77. The van der Waals surface area contributed by atoms with Gasteiger partial charge >= 0.3 is 0 Å². The van der Waals surface area contributed by atoms with Gasteiger partial charge in [0.1, 0.15) is 11.5 Å². The van der Waals surface area contributed by atoms with Crippen molar-refractivity contribution in [3.63, 3.8) is 0 Å². The second kappa shape index (κ2) is 11.4. The van der Waals surface area contributed by atoms with Crippen LogP contribution in [0, 0.1) is 0 Å². The number of pyridine rings is 2. The summed E-state index contributed by atoms with van der Waals surface area (Å²) in [4.78, 5) is 10.1. The number of aromatic nitrogens is 4. The number of hydrogen-bond donors (Lipinski definition) is 0. The molecule has 4 heterocycles. The summed E-state index contributed by atoms with van der Waals surface area (Å²) in [5, 5.41) is 4.73. The molecule has 0 atom stereocenters. The SMILES string of the molecule is c1ccc(-c2cc(-c3ccccc3)nc(-n3c4ccccc4c4cc(-c5ccc6c7cccnc7n(-c7ccccc7)c6c5)ccc43)c2)cc1. The van der Waals surface area contributed by atoms with Crippen molar-refractivity contribution in [3.8, 4) is 45.0 Å². The van der Waals surface area contributed by atoms with Crippen molar-refractivity contribution in [2.75, 3.05) is 0 Å². The quantitative estimate of drug-likeness (QED) is 0.188. The number of hydrogen-bond acceptors (Lipinski definition) is 2. The molecule has 50 heavy (non-hydrogen) atoms. The highest BCUT2D eigenvalue weighted by atomic mass is 15.1. The largest absolute Gasteiger partial charge is 0.294 e. The topological polar surface area (TPSA) is 35.6 Å². The predicted molar refractivity (Wildman–Crippen MR) is 207 cm³/mol. The second-order valence-electron chi connectivity index (χ2n) is 12.7. The summed E-state index contributed by atoms with van der Waals surface area (Å²) >= 11 is 0. The highest BCUT2D eigenvalue weighted by molar-refractivity contribution is 6.12. The van der Waals surface area contributed by atoms with E-state index in [1.807, 2.05) is 18.3 Å². The number of benzene rings is 6. The molecule has 0 aliphatic rings. The van der Waals surface area contributed by atoms with Gasteiger partial charge in [-0.05, 0) is 82.9 Å². The van der Waals surface area contributed by atoms with Crippen LogP contribution in [0.3, 0.4) is 0 Å². The Morgan fingerprint density at radius 1 is 0.360 bits per heavy atom. The molecular weight excluding hydrogens is 609 g/mol. The molecule has 4 aromatic heterocycles. The standard InChI is InChI=1S/C46H30N4/c1-4-13-31(14-5-1)35-28-41(32-15-6-2-7-16-32)48-45(30-35)50-42-21-11-10-19-37(42)40-27-33(23-25-43(40)50)34-22-24-38-39-20-12-26-47-46(39)49(44(38)29-34)36-17-8-3-9-18-36/h1-30H.